The Balaban J connectivity index is 3.14. The topological polar surface area (TPSA) is 38.3 Å². The molecule has 1 amide bonds. The van der Waals surface area contributed by atoms with Gasteiger partial charge in [-0.2, -0.15) is 13.2 Å². The van der Waals surface area contributed by atoms with Gasteiger partial charge in [0.1, 0.15) is 18.3 Å². The Labute approximate surface area is 117 Å². The van der Waals surface area contributed by atoms with E-state index in [0.717, 1.165) is 0 Å². The fourth-order valence-corrected chi connectivity index (χ4v) is 1.53. The normalized spacial score (nSPS) is 10.8. The monoisotopic (exact) mass is 304 g/mol. The van der Waals surface area contributed by atoms with E-state index < -0.39 is 12.1 Å². The van der Waals surface area contributed by atoms with E-state index in [1.807, 2.05) is 12.5 Å². The summed E-state index contributed by atoms with van der Waals surface area (Å²) in [7, 11) is 1.19. The first-order valence-corrected chi connectivity index (χ1v) is 7.43. The van der Waals surface area contributed by atoms with Gasteiger partial charge in [0, 0.05) is 6.07 Å². The van der Waals surface area contributed by atoms with Crippen molar-refractivity contribution in [1.29, 1.82) is 0 Å². The van der Waals surface area contributed by atoms with Gasteiger partial charge < -0.3 is 10.1 Å². The SMILES string of the molecule is COc1ccc(C#C[S+](C)C)c(NC(=O)C(F)(F)F)c1. The maximum atomic E-state index is 12.3. The Kier molecular flexibility index (Phi) is 5.34. The van der Waals surface area contributed by atoms with Crippen LogP contribution in [-0.4, -0.2) is 31.7 Å². The van der Waals surface area contributed by atoms with Crippen molar-refractivity contribution in [3.63, 3.8) is 0 Å². The third kappa shape index (κ3) is 4.70. The number of carbonyl (C=O) groups excluding carboxylic acids is 1. The summed E-state index contributed by atoms with van der Waals surface area (Å²) in [6.45, 7) is 0. The van der Waals surface area contributed by atoms with Crippen LogP contribution in [0.15, 0.2) is 18.2 Å². The zero-order valence-electron chi connectivity index (χ0n) is 11.1. The number of ether oxygens (including phenoxy) is 1. The van der Waals surface area contributed by atoms with Crippen LogP contribution < -0.4 is 10.1 Å². The fourth-order valence-electron chi connectivity index (χ4n) is 1.21. The lowest BCUT2D eigenvalue weighted by Gasteiger charge is -2.10. The predicted octanol–water partition coefficient (Wildman–Crippen LogP) is 2.38. The molecule has 0 aliphatic carbocycles. The minimum Gasteiger partial charge on any atom is -0.497 e. The smallest absolute Gasteiger partial charge is 0.471 e. The molecule has 1 aromatic rings. The lowest BCUT2D eigenvalue weighted by Crippen LogP contribution is -2.30. The third-order valence-electron chi connectivity index (χ3n) is 2.12. The van der Waals surface area contributed by atoms with Crippen molar-refractivity contribution >= 4 is 22.5 Å². The first kappa shape index (κ1) is 16.2. The largest absolute Gasteiger partial charge is 0.497 e. The molecule has 3 nitrogen and oxygen atoms in total. The second kappa shape index (κ2) is 6.57. The highest BCUT2D eigenvalue weighted by Crippen LogP contribution is 2.24. The summed E-state index contributed by atoms with van der Waals surface area (Å²) in [5.41, 5.74) is 0.286. The zero-order chi connectivity index (χ0) is 15.3. The number of halogens is 3. The molecule has 0 aromatic heterocycles. The summed E-state index contributed by atoms with van der Waals surface area (Å²) in [4.78, 5) is 11.0. The van der Waals surface area contributed by atoms with Crippen LogP contribution in [0, 0.1) is 11.2 Å². The highest BCUT2D eigenvalue weighted by molar-refractivity contribution is 8.00. The van der Waals surface area contributed by atoms with Crippen LogP contribution in [0.1, 0.15) is 5.56 Å². The van der Waals surface area contributed by atoms with Gasteiger partial charge in [-0.1, -0.05) is 0 Å². The van der Waals surface area contributed by atoms with Crippen LogP contribution in [0.25, 0.3) is 0 Å². The van der Waals surface area contributed by atoms with Gasteiger partial charge in [-0.3, -0.25) is 4.79 Å². The molecule has 108 valence electrons. The van der Waals surface area contributed by atoms with Gasteiger partial charge in [-0.05, 0) is 18.1 Å². The van der Waals surface area contributed by atoms with Crippen molar-refractivity contribution in [2.24, 2.45) is 0 Å². The molecule has 1 N–H and O–H groups in total. The lowest BCUT2D eigenvalue weighted by atomic mass is 10.1. The average Bonchev–Trinajstić information content (AvgIpc) is 2.35. The molecule has 20 heavy (non-hydrogen) atoms. The Morgan fingerprint density at radius 1 is 1.35 bits per heavy atom. The average molecular weight is 304 g/mol. The van der Waals surface area contributed by atoms with Gasteiger partial charge in [0.15, 0.2) is 5.25 Å². The molecule has 0 aliphatic rings. The quantitative estimate of drug-likeness (QED) is 0.673. The molecule has 0 fully saturated rings. The summed E-state index contributed by atoms with van der Waals surface area (Å²) in [6, 6.07) is 4.37. The number of hydrogen-bond acceptors (Lipinski definition) is 2. The maximum absolute atomic E-state index is 12.3. The predicted molar refractivity (Wildman–Crippen MR) is 73.8 cm³/mol. The van der Waals surface area contributed by atoms with E-state index in [9.17, 15) is 18.0 Å². The molecule has 0 atom stereocenters. The van der Waals surface area contributed by atoms with Crippen LogP contribution in [0.4, 0.5) is 18.9 Å². The summed E-state index contributed by atoms with van der Waals surface area (Å²) in [5, 5.41) is 4.66. The lowest BCUT2D eigenvalue weighted by molar-refractivity contribution is -0.167. The number of carbonyl (C=O) groups is 1. The molecule has 0 saturated heterocycles. The number of nitrogens with one attached hydrogen (secondary N) is 1. The number of methoxy groups -OCH3 is 1. The number of rotatable bonds is 2. The molecule has 0 bridgehead atoms. The number of hydrogen-bond donors (Lipinski definition) is 1. The van der Waals surface area contributed by atoms with Crippen molar-refractivity contribution in [2.75, 3.05) is 24.9 Å². The summed E-state index contributed by atoms with van der Waals surface area (Å²) < 4.78 is 41.8. The molecule has 0 aliphatic heterocycles. The van der Waals surface area contributed by atoms with Crippen LogP contribution in [0.2, 0.25) is 0 Å². The van der Waals surface area contributed by atoms with Crippen LogP contribution in [-0.2, 0) is 15.7 Å². The Hall–Kier alpha value is -1.81. The molecule has 1 aromatic carbocycles. The van der Waals surface area contributed by atoms with E-state index >= 15 is 0 Å². The van der Waals surface area contributed by atoms with Crippen molar-refractivity contribution < 1.29 is 22.7 Å². The Morgan fingerprint density at radius 2 is 2.00 bits per heavy atom. The van der Waals surface area contributed by atoms with Crippen molar-refractivity contribution in [3.05, 3.63) is 23.8 Å². The molecule has 1 rings (SSSR count). The van der Waals surface area contributed by atoms with Gasteiger partial charge in [0.25, 0.3) is 0 Å². The Bertz CT molecular complexity index is 559. The van der Waals surface area contributed by atoms with Gasteiger partial charge in [-0.15, -0.1) is 0 Å². The fraction of sp³-hybridized carbons (Fsp3) is 0.308. The molecule has 0 spiro atoms. The molecular weight excluding hydrogens is 291 g/mol. The van der Waals surface area contributed by atoms with Gasteiger partial charge >= 0.3 is 12.1 Å². The van der Waals surface area contributed by atoms with E-state index in [0.29, 0.717) is 11.3 Å². The van der Waals surface area contributed by atoms with Crippen LogP contribution in [0.5, 0.6) is 5.75 Å². The second-order valence-corrected chi connectivity index (χ2v) is 5.74. The highest BCUT2D eigenvalue weighted by atomic mass is 32.2. The first-order chi connectivity index (χ1) is 9.24. The molecule has 0 heterocycles. The maximum Gasteiger partial charge on any atom is 0.471 e. The zero-order valence-corrected chi connectivity index (χ0v) is 11.9. The Morgan fingerprint density at radius 3 is 2.50 bits per heavy atom. The summed E-state index contributed by atoms with van der Waals surface area (Å²) >= 11 is 0. The van der Waals surface area contributed by atoms with Crippen molar-refractivity contribution in [1.82, 2.24) is 0 Å². The van der Waals surface area contributed by atoms with E-state index in [1.165, 1.54) is 19.2 Å². The molecule has 0 unspecified atom stereocenters. The minimum atomic E-state index is -4.95. The van der Waals surface area contributed by atoms with Crippen LogP contribution >= 0.6 is 0 Å². The van der Waals surface area contributed by atoms with Crippen LogP contribution in [0.3, 0.4) is 0 Å². The van der Waals surface area contributed by atoms with E-state index in [-0.39, 0.29) is 16.6 Å². The third-order valence-corrected chi connectivity index (χ3v) is 2.63. The van der Waals surface area contributed by atoms with Gasteiger partial charge in [0.05, 0.1) is 29.3 Å². The van der Waals surface area contributed by atoms with Gasteiger partial charge in [-0.25, -0.2) is 0 Å². The molecule has 0 radical (unpaired) electrons. The molecule has 0 saturated carbocycles. The number of alkyl halides is 3. The van der Waals surface area contributed by atoms with E-state index in [4.69, 9.17) is 4.74 Å². The highest BCUT2D eigenvalue weighted by Gasteiger charge is 2.39. The minimum absolute atomic E-state index is 0.0235. The number of benzene rings is 1. The van der Waals surface area contributed by atoms with Crippen molar-refractivity contribution in [2.45, 2.75) is 6.18 Å². The van der Waals surface area contributed by atoms with E-state index in [2.05, 4.69) is 11.2 Å². The number of amides is 1. The molecule has 7 heteroatoms. The first-order valence-electron chi connectivity index (χ1n) is 5.39. The molecular formula is C13H13F3NO2S+. The number of anilines is 1. The standard InChI is InChI=1S/C13H12F3NO2S/c1-19-10-5-4-9(6-7-20(2)3)11(8-10)17-12(18)13(14,15)16/h4-5,8H,1-3H3/p+1. The van der Waals surface area contributed by atoms with E-state index in [1.54, 1.807) is 11.4 Å². The van der Waals surface area contributed by atoms with Gasteiger partial charge in [0.2, 0.25) is 0 Å². The summed E-state index contributed by atoms with van der Waals surface area (Å²) in [5.74, 6) is 1.04. The summed E-state index contributed by atoms with van der Waals surface area (Å²) in [6.07, 6.45) is -1.19. The van der Waals surface area contributed by atoms with Crippen molar-refractivity contribution in [3.8, 4) is 16.9 Å². The second-order valence-electron chi connectivity index (χ2n) is 3.91.